The quantitative estimate of drug-likeness (QED) is 0.659. The molecule has 0 spiro atoms. The van der Waals surface area contributed by atoms with Gasteiger partial charge < -0.3 is 15.4 Å². The highest BCUT2D eigenvalue weighted by Crippen LogP contribution is 2.48. The molecule has 0 heterocycles. The first-order valence-corrected chi connectivity index (χ1v) is 6.83. The second kappa shape index (κ2) is 6.76. The molecule has 2 rings (SSSR count). The minimum atomic E-state index is 0.544. The summed E-state index contributed by atoms with van der Waals surface area (Å²) in [6, 6.07) is 10.3. The van der Waals surface area contributed by atoms with Crippen molar-refractivity contribution in [2.45, 2.75) is 19.3 Å². The molecule has 100 valence electrons. The van der Waals surface area contributed by atoms with Crippen LogP contribution in [0.3, 0.4) is 0 Å². The number of benzene rings is 1. The van der Waals surface area contributed by atoms with Crippen molar-refractivity contribution in [1.29, 1.82) is 0 Å². The van der Waals surface area contributed by atoms with Gasteiger partial charge in [0.15, 0.2) is 0 Å². The molecule has 1 aliphatic carbocycles. The molecule has 0 aromatic heterocycles. The van der Waals surface area contributed by atoms with Gasteiger partial charge in [-0.05, 0) is 36.8 Å². The van der Waals surface area contributed by atoms with Gasteiger partial charge >= 0.3 is 0 Å². The Balaban J connectivity index is 1.54. The lowest BCUT2D eigenvalue weighted by Gasteiger charge is -2.15. The minimum Gasteiger partial charge on any atom is -0.385 e. The fourth-order valence-corrected chi connectivity index (χ4v) is 2.22. The second-order valence-electron chi connectivity index (χ2n) is 5.21. The molecule has 0 atom stereocenters. The summed E-state index contributed by atoms with van der Waals surface area (Å²) < 4.78 is 5.16. The maximum atomic E-state index is 5.16. The molecule has 0 aliphatic heterocycles. The Bertz CT molecular complexity index is 336. The van der Waals surface area contributed by atoms with E-state index in [2.05, 4.69) is 34.9 Å². The number of hydrogen-bond acceptors (Lipinski definition) is 3. The van der Waals surface area contributed by atoms with Crippen LogP contribution in [0.1, 0.15) is 19.3 Å². The van der Waals surface area contributed by atoms with Gasteiger partial charge in [0.05, 0.1) is 0 Å². The summed E-state index contributed by atoms with van der Waals surface area (Å²) in [6.45, 7) is 4.02. The summed E-state index contributed by atoms with van der Waals surface area (Å²) in [5.74, 6) is 0. The van der Waals surface area contributed by atoms with Gasteiger partial charge in [-0.3, -0.25) is 0 Å². The summed E-state index contributed by atoms with van der Waals surface area (Å²) in [5, 5.41) is 6.96. The van der Waals surface area contributed by atoms with Gasteiger partial charge in [0.2, 0.25) is 0 Å². The summed E-state index contributed by atoms with van der Waals surface area (Å²) >= 11 is 0. The van der Waals surface area contributed by atoms with Gasteiger partial charge in [0, 0.05) is 39.0 Å². The third kappa shape index (κ3) is 4.31. The summed E-state index contributed by atoms with van der Waals surface area (Å²) in [4.78, 5) is 0. The number of hydrogen-bond donors (Lipinski definition) is 2. The Kier molecular flexibility index (Phi) is 5.02. The number of anilines is 1. The van der Waals surface area contributed by atoms with E-state index < -0.39 is 0 Å². The summed E-state index contributed by atoms with van der Waals surface area (Å²) in [6.07, 6.45) is 3.91. The Morgan fingerprint density at radius 2 is 1.94 bits per heavy atom. The Labute approximate surface area is 110 Å². The van der Waals surface area contributed by atoms with E-state index in [1.54, 1.807) is 7.11 Å². The molecule has 1 saturated carbocycles. The lowest BCUT2D eigenvalue weighted by Crippen LogP contribution is -2.29. The second-order valence-corrected chi connectivity index (χ2v) is 5.21. The normalized spacial score (nSPS) is 16.5. The van der Waals surface area contributed by atoms with E-state index in [9.17, 15) is 0 Å². The van der Waals surface area contributed by atoms with Crippen molar-refractivity contribution in [1.82, 2.24) is 5.32 Å². The molecule has 3 heteroatoms. The Hall–Kier alpha value is -1.06. The lowest BCUT2D eigenvalue weighted by atomic mass is 10.0. The molecular formula is C15H24N2O. The molecule has 1 fully saturated rings. The zero-order valence-electron chi connectivity index (χ0n) is 11.2. The van der Waals surface area contributed by atoms with Gasteiger partial charge in [0.25, 0.3) is 0 Å². The van der Waals surface area contributed by atoms with Gasteiger partial charge in [-0.25, -0.2) is 0 Å². The smallest absolute Gasteiger partial charge is 0.0468 e. The van der Waals surface area contributed by atoms with Crippen molar-refractivity contribution >= 4 is 5.69 Å². The molecule has 0 saturated heterocycles. The SMILES string of the molecule is COCCC1(CNCCNc2ccccc2)CC1. The molecular weight excluding hydrogens is 224 g/mol. The van der Waals surface area contributed by atoms with Crippen molar-refractivity contribution in [3.05, 3.63) is 30.3 Å². The average Bonchev–Trinajstić information content (AvgIpc) is 3.18. The number of methoxy groups -OCH3 is 1. The minimum absolute atomic E-state index is 0.544. The van der Waals surface area contributed by atoms with Crippen LogP contribution in [0.25, 0.3) is 0 Å². The first kappa shape index (κ1) is 13.4. The maximum absolute atomic E-state index is 5.16. The van der Waals surface area contributed by atoms with Crippen LogP contribution in [-0.4, -0.2) is 33.4 Å². The van der Waals surface area contributed by atoms with Crippen LogP contribution in [0.4, 0.5) is 5.69 Å². The van der Waals surface area contributed by atoms with Crippen LogP contribution >= 0.6 is 0 Å². The largest absolute Gasteiger partial charge is 0.385 e. The van der Waals surface area contributed by atoms with E-state index >= 15 is 0 Å². The van der Waals surface area contributed by atoms with Crippen LogP contribution in [0.15, 0.2) is 30.3 Å². The van der Waals surface area contributed by atoms with E-state index in [-0.39, 0.29) is 0 Å². The first-order valence-electron chi connectivity index (χ1n) is 6.83. The average molecular weight is 248 g/mol. The van der Waals surface area contributed by atoms with Crippen LogP contribution in [0.2, 0.25) is 0 Å². The molecule has 1 aliphatic rings. The van der Waals surface area contributed by atoms with Crippen LogP contribution in [0, 0.1) is 5.41 Å². The summed E-state index contributed by atoms with van der Waals surface area (Å²) in [5.41, 5.74) is 1.74. The first-order chi connectivity index (χ1) is 8.85. The molecule has 0 unspecified atom stereocenters. The van der Waals surface area contributed by atoms with Crippen molar-refractivity contribution in [2.75, 3.05) is 38.7 Å². The van der Waals surface area contributed by atoms with E-state index in [1.165, 1.54) is 24.9 Å². The highest BCUT2D eigenvalue weighted by atomic mass is 16.5. The Morgan fingerprint density at radius 3 is 2.61 bits per heavy atom. The molecule has 0 bridgehead atoms. The van der Waals surface area contributed by atoms with Crippen molar-refractivity contribution in [3.8, 4) is 0 Å². The molecule has 0 radical (unpaired) electrons. The summed E-state index contributed by atoms with van der Waals surface area (Å²) in [7, 11) is 1.79. The van der Waals surface area contributed by atoms with Crippen molar-refractivity contribution in [2.24, 2.45) is 5.41 Å². The lowest BCUT2D eigenvalue weighted by molar-refractivity contribution is 0.171. The van der Waals surface area contributed by atoms with Crippen molar-refractivity contribution < 1.29 is 4.74 Å². The highest BCUT2D eigenvalue weighted by molar-refractivity contribution is 5.42. The fourth-order valence-electron chi connectivity index (χ4n) is 2.22. The van der Waals surface area contributed by atoms with E-state index in [0.717, 1.165) is 26.2 Å². The molecule has 18 heavy (non-hydrogen) atoms. The molecule has 1 aromatic carbocycles. The highest BCUT2D eigenvalue weighted by Gasteiger charge is 2.41. The standard InChI is InChI=1S/C15H24N2O/c1-18-12-9-15(7-8-15)13-16-10-11-17-14-5-3-2-4-6-14/h2-6,16-17H,7-13H2,1H3. The van der Waals surface area contributed by atoms with Crippen LogP contribution in [0.5, 0.6) is 0 Å². The number of para-hydroxylation sites is 1. The van der Waals surface area contributed by atoms with Crippen LogP contribution in [-0.2, 0) is 4.74 Å². The van der Waals surface area contributed by atoms with Crippen molar-refractivity contribution in [3.63, 3.8) is 0 Å². The van der Waals surface area contributed by atoms with Gasteiger partial charge in [0.1, 0.15) is 0 Å². The predicted octanol–water partition coefficient (Wildman–Crippen LogP) is 2.50. The van der Waals surface area contributed by atoms with Gasteiger partial charge in [-0.2, -0.15) is 0 Å². The zero-order chi connectivity index (χ0) is 12.7. The van der Waals surface area contributed by atoms with E-state index in [4.69, 9.17) is 4.74 Å². The number of ether oxygens (including phenoxy) is 1. The topological polar surface area (TPSA) is 33.3 Å². The third-order valence-electron chi connectivity index (χ3n) is 3.70. The maximum Gasteiger partial charge on any atom is 0.0468 e. The zero-order valence-corrected chi connectivity index (χ0v) is 11.2. The van der Waals surface area contributed by atoms with E-state index in [0.29, 0.717) is 5.41 Å². The molecule has 1 aromatic rings. The number of nitrogens with one attached hydrogen (secondary N) is 2. The van der Waals surface area contributed by atoms with Gasteiger partial charge in [-0.1, -0.05) is 18.2 Å². The third-order valence-corrected chi connectivity index (χ3v) is 3.70. The monoisotopic (exact) mass is 248 g/mol. The molecule has 0 amide bonds. The molecule has 3 nitrogen and oxygen atoms in total. The van der Waals surface area contributed by atoms with E-state index in [1.807, 2.05) is 6.07 Å². The van der Waals surface area contributed by atoms with Crippen LogP contribution < -0.4 is 10.6 Å². The number of rotatable bonds is 9. The predicted molar refractivity (Wildman–Crippen MR) is 76.0 cm³/mol. The molecule has 2 N–H and O–H groups in total. The Morgan fingerprint density at radius 1 is 1.17 bits per heavy atom. The van der Waals surface area contributed by atoms with Gasteiger partial charge in [-0.15, -0.1) is 0 Å². The fraction of sp³-hybridized carbons (Fsp3) is 0.600.